The van der Waals surface area contributed by atoms with Gasteiger partial charge in [-0.15, -0.1) is 0 Å². The van der Waals surface area contributed by atoms with Crippen LogP contribution in [-0.2, 0) is 25.9 Å². The van der Waals surface area contributed by atoms with Gasteiger partial charge in [-0.1, -0.05) is 13.0 Å². The molecule has 1 aromatic carbocycles. The number of aromatic nitrogens is 3. The summed E-state index contributed by atoms with van der Waals surface area (Å²) in [6, 6.07) is 8.56. The van der Waals surface area contributed by atoms with Crippen LogP contribution in [-0.4, -0.2) is 52.8 Å². The first-order chi connectivity index (χ1) is 16.4. The van der Waals surface area contributed by atoms with Crippen LogP contribution in [0.2, 0.25) is 0 Å². The fourth-order valence-corrected chi connectivity index (χ4v) is 4.72. The lowest BCUT2D eigenvalue weighted by Crippen LogP contribution is -2.28. The van der Waals surface area contributed by atoms with Gasteiger partial charge in [0.1, 0.15) is 24.0 Å². The second-order valence-electron chi connectivity index (χ2n) is 9.43. The summed E-state index contributed by atoms with van der Waals surface area (Å²) >= 11 is 0. The van der Waals surface area contributed by atoms with Crippen LogP contribution >= 0.6 is 0 Å². The number of benzene rings is 1. The summed E-state index contributed by atoms with van der Waals surface area (Å²) in [7, 11) is 4.10. The first-order valence-corrected chi connectivity index (χ1v) is 12.0. The molecule has 34 heavy (non-hydrogen) atoms. The Balaban J connectivity index is 1.49. The zero-order chi connectivity index (χ0) is 23.8. The summed E-state index contributed by atoms with van der Waals surface area (Å²) < 4.78 is 6.14. The van der Waals surface area contributed by atoms with Crippen LogP contribution < -0.4 is 9.64 Å². The Bertz CT molecular complexity index is 1270. The number of rotatable bonds is 5. The molecule has 176 valence electrons. The first-order valence-electron chi connectivity index (χ1n) is 12.0. The van der Waals surface area contributed by atoms with E-state index in [0.717, 1.165) is 94.9 Å². The number of pyridine rings is 1. The van der Waals surface area contributed by atoms with Crippen molar-refractivity contribution in [2.45, 2.75) is 46.7 Å². The molecule has 0 unspecified atom stereocenters. The van der Waals surface area contributed by atoms with E-state index in [2.05, 4.69) is 64.8 Å². The van der Waals surface area contributed by atoms with Gasteiger partial charge in [0.05, 0.1) is 24.5 Å². The van der Waals surface area contributed by atoms with E-state index in [-0.39, 0.29) is 0 Å². The van der Waals surface area contributed by atoms with Gasteiger partial charge in [0.2, 0.25) is 0 Å². The molecule has 0 amide bonds. The molecule has 0 spiro atoms. The van der Waals surface area contributed by atoms with Crippen LogP contribution in [0.1, 0.15) is 42.2 Å². The highest BCUT2D eigenvalue weighted by atomic mass is 16.5. The van der Waals surface area contributed by atoms with Gasteiger partial charge in [-0.25, -0.2) is 9.97 Å². The van der Waals surface area contributed by atoms with Crippen molar-refractivity contribution in [2.75, 3.05) is 32.1 Å². The lowest BCUT2D eigenvalue weighted by molar-refractivity contribution is 0.331. The number of aryl methyl sites for hydroxylation is 1. The predicted molar refractivity (Wildman–Crippen MR) is 136 cm³/mol. The minimum Gasteiger partial charge on any atom is -0.491 e. The van der Waals surface area contributed by atoms with Crippen molar-refractivity contribution in [3.8, 4) is 16.9 Å². The molecular weight excluding hydrogens is 424 g/mol. The molecule has 2 aliphatic rings. The summed E-state index contributed by atoms with van der Waals surface area (Å²) in [6.07, 6.45) is 3.69. The van der Waals surface area contributed by atoms with Crippen LogP contribution in [0.3, 0.4) is 0 Å². The molecule has 2 aromatic heterocycles. The summed E-state index contributed by atoms with van der Waals surface area (Å²) in [5.74, 6) is 2.81. The third-order valence-corrected chi connectivity index (χ3v) is 6.42. The van der Waals surface area contributed by atoms with Gasteiger partial charge in [0, 0.05) is 47.3 Å². The normalized spacial score (nSPS) is 15.0. The lowest BCUT2D eigenvalue weighted by atomic mass is 10.0. The van der Waals surface area contributed by atoms with Crippen molar-refractivity contribution in [1.82, 2.24) is 19.9 Å². The van der Waals surface area contributed by atoms with Crippen LogP contribution in [0.15, 0.2) is 35.5 Å². The minimum atomic E-state index is 0.620. The number of aliphatic imine (C=N–C) groups is 1. The van der Waals surface area contributed by atoms with E-state index in [9.17, 15) is 0 Å². The molecule has 0 N–H and O–H groups in total. The van der Waals surface area contributed by atoms with Crippen molar-refractivity contribution in [3.63, 3.8) is 0 Å². The monoisotopic (exact) mass is 456 g/mol. The average Bonchev–Trinajstić information content (AvgIpc) is 3.05. The Labute approximate surface area is 201 Å². The molecule has 0 saturated carbocycles. The molecule has 4 heterocycles. The van der Waals surface area contributed by atoms with Gasteiger partial charge < -0.3 is 14.5 Å². The van der Waals surface area contributed by atoms with E-state index in [4.69, 9.17) is 14.7 Å². The Kier molecular flexibility index (Phi) is 6.04. The van der Waals surface area contributed by atoms with Gasteiger partial charge in [-0.2, -0.15) is 0 Å². The van der Waals surface area contributed by atoms with Crippen LogP contribution in [0.4, 0.5) is 11.5 Å². The number of fused-ring (bicyclic) bond motifs is 2. The van der Waals surface area contributed by atoms with Gasteiger partial charge in [0.25, 0.3) is 0 Å². The SMILES string of the molecule is CCc1nc(CN(C)C)nc(N2CCOc3ccc(-c4cnc5c(c4)N=C(C)C5)cc3C2)c1C. The maximum Gasteiger partial charge on any atom is 0.144 e. The number of ether oxygens (including phenoxy) is 1. The van der Waals surface area contributed by atoms with E-state index in [1.165, 1.54) is 0 Å². The molecule has 0 bridgehead atoms. The van der Waals surface area contributed by atoms with Crippen molar-refractivity contribution in [3.05, 3.63) is 58.8 Å². The number of hydrogen-bond donors (Lipinski definition) is 0. The fourth-order valence-electron chi connectivity index (χ4n) is 4.72. The Morgan fingerprint density at radius 2 is 1.94 bits per heavy atom. The molecule has 0 radical (unpaired) electrons. The van der Waals surface area contributed by atoms with Crippen molar-refractivity contribution in [1.29, 1.82) is 0 Å². The molecule has 0 saturated heterocycles. The zero-order valence-electron chi connectivity index (χ0n) is 20.7. The topological polar surface area (TPSA) is 66.7 Å². The van der Waals surface area contributed by atoms with E-state index >= 15 is 0 Å². The highest BCUT2D eigenvalue weighted by molar-refractivity contribution is 5.92. The van der Waals surface area contributed by atoms with E-state index in [0.29, 0.717) is 6.61 Å². The van der Waals surface area contributed by atoms with Crippen LogP contribution in [0.5, 0.6) is 5.75 Å². The number of hydrogen-bond acceptors (Lipinski definition) is 7. The first kappa shape index (κ1) is 22.5. The van der Waals surface area contributed by atoms with Gasteiger partial charge in [0.15, 0.2) is 0 Å². The quantitative estimate of drug-likeness (QED) is 0.562. The Morgan fingerprint density at radius 3 is 2.74 bits per heavy atom. The molecule has 2 aliphatic heterocycles. The summed E-state index contributed by atoms with van der Waals surface area (Å²) in [5, 5.41) is 0. The molecule has 0 aliphatic carbocycles. The van der Waals surface area contributed by atoms with Gasteiger partial charge in [-0.05, 0) is 58.1 Å². The van der Waals surface area contributed by atoms with E-state index < -0.39 is 0 Å². The Hall–Kier alpha value is -3.32. The van der Waals surface area contributed by atoms with Crippen molar-refractivity contribution >= 4 is 17.2 Å². The number of anilines is 1. The second-order valence-corrected chi connectivity index (χ2v) is 9.43. The lowest BCUT2D eigenvalue weighted by Gasteiger charge is -2.25. The molecule has 3 aromatic rings. The standard InChI is InChI=1S/C27H32N6O/c1-6-22-18(3)27(31-26(30-22)16-32(4)5)33-9-10-34-25-8-7-19(12-21(25)15-33)20-13-24-23(28-14-20)11-17(2)29-24/h7-8,12-14H,6,9-11,15-16H2,1-5H3. The molecule has 7 nitrogen and oxygen atoms in total. The third kappa shape index (κ3) is 4.40. The number of nitrogens with zero attached hydrogens (tertiary/aromatic N) is 6. The summed E-state index contributed by atoms with van der Waals surface area (Å²) in [6.45, 7) is 9.20. The maximum absolute atomic E-state index is 6.14. The second kappa shape index (κ2) is 9.14. The third-order valence-electron chi connectivity index (χ3n) is 6.42. The highest BCUT2D eigenvalue weighted by Crippen LogP contribution is 2.34. The predicted octanol–water partition coefficient (Wildman–Crippen LogP) is 4.52. The summed E-state index contributed by atoms with van der Waals surface area (Å²) in [5.41, 5.74) is 8.79. The van der Waals surface area contributed by atoms with Crippen LogP contribution in [0.25, 0.3) is 11.1 Å². The van der Waals surface area contributed by atoms with Crippen molar-refractivity contribution < 1.29 is 4.74 Å². The smallest absolute Gasteiger partial charge is 0.144 e. The van der Waals surface area contributed by atoms with E-state index in [1.54, 1.807) is 0 Å². The molecule has 0 fully saturated rings. The van der Waals surface area contributed by atoms with Gasteiger partial charge in [-0.3, -0.25) is 9.98 Å². The Morgan fingerprint density at radius 1 is 1.09 bits per heavy atom. The molecular formula is C27H32N6O. The minimum absolute atomic E-state index is 0.620. The molecule has 5 rings (SSSR count). The maximum atomic E-state index is 6.14. The molecule has 7 heteroatoms. The molecule has 0 atom stereocenters. The van der Waals surface area contributed by atoms with Crippen LogP contribution in [0, 0.1) is 6.92 Å². The zero-order valence-corrected chi connectivity index (χ0v) is 20.7. The van der Waals surface area contributed by atoms with Gasteiger partial charge >= 0.3 is 0 Å². The average molecular weight is 457 g/mol. The highest BCUT2D eigenvalue weighted by Gasteiger charge is 2.22. The van der Waals surface area contributed by atoms with Crippen molar-refractivity contribution in [2.24, 2.45) is 4.99 Å². The summed E-state index contributed by atoms with van der Waals surface area (Å²) in [4.78, 5) is 23.6. The fraction of sp³-hybridized carbons (Fsp3) is 0.407. The largest absolute Gasteiger partial charge is 0.491 e. The van der Waals surface area contributed by atoms with E-state index in [1.807, 2.05) is 20.3 Å².